The summed E-state index contributed by atoms with van der Waals surface area (Å²) in [4.78, 5) is 41.0. The van der Waals surface area contributed by atoms with Crippen LogP contribution in [0.5, 0.6) is 0 Å². The Morgan fingerprint density at radius 2 is 0.926 bits per heavy atom. The van der Waals surface area contributed by atoms with Gasteiger partial charge in [0.15, 0.2) is 0 Å². The molecule has 0 aromatic carbocycles. The average molecular weight is 470 g/mol. The fourth-order valence-corrected chi connectivity index (χ4v) is 0.746. The fourth-order valence-electron chi connectivity index (χ4n) is 0.746. The predicted octanol–water partition coefficient (Wildman–Crippen LogP) is 1.46. The Bertz CT molecular complexity index is 340. The second-order valence-electron chi connectivity index (χ2n) is 5.23. The van der Waals surface area contributed by atoms with Gasteiger partial charge >= 0.3 is 38.1 Å². The van der Waals surface area contributed by atoms with Crippen molar-refractivity contribution in [1.82, 2.24) is 0 Å². The summed E-state index contributed by atoms with van der Waals surface area (Å²) < 4.78 is 8.91. The molecule has 0 unspecified atom stereocenters. The predicted molar refractivity (Wildman–Crippen MR) is 97.9 cm³/mol. The number of carbonyl (C=O) groups is 4. The fraction of sp³-hybridized carbons (Fsp3) is 0.667. The molecule has 0 saturated carbocycles. The van der Waals surface area contributed by atoms with Crippen molar-refractivity contribution in [2.75, 3.05) is 13.2 Å². The van der Waals surface area contributed by atoms with Gasteiger partial charge in [0.25, 0.3) is 0 Å². The summed E-state index contributed by atoms with van der Waals surface area (Å²) in [5.41, 5.74) is 0. The van der Waals surface area contributed by atoms with Crippen molar-refractivity contribution in [3.63, 3.8) is 0 Å². The molecule has 0 atom stereocenters. The van der Waals surface area contributed by atoms with Gasteiger partial charge in [-0.1, -0.05) is 0 Å². The average Bonchev–Trinajstić information content (AvgIpc) is 2.36. The minimum atomic E-state index is -0.502. The Hall–Kier alpha value is -1.18. The van der Waals surface area contributed by atoms with Crippen LogP contribution in [0.2, 0.25) is 0 Å². The van der Waals surface area contributed by atoms with E-state index in [1.54, 1.807) is 41.5 Å². The van der Waals surface area contributed by atoms with Crippen LogP contribution in [0.25, 0.3) is 0 Å². The third-order valence-corrected chi connectivity index (χ3v) is 1.29. The van der Waals surface area contributed by atoms with Crippen molar-refractivity contribution in [1.29, 1.82) is 0 Å². The second kappa shape index (κ2) is 27.0. The summed E-state index contributed by atoms with van der Waals surface area (Å²) in [6.07, 6.45) is -0.762. The normalized spacial score (nSPS) is 8.37. The van der Waals surface area contributed by atoms with Crippen LogP contribution < -0.4 is 0 Å². The number of ether oxygens (including phenoxy) is 2. The van der Waals surface area contributed by atoms with E-state index < -0.39 is 23.5 Å². The summed E-state index contributed by atoms with van der Waals surface area (Å²) in [5, 5.41) is 16.1. The summed E-state index contributed by atoms with van der Waals surface area (Å²) in [5.74, 6) is -1.82. The van der Waals surface area contributed by atoms with E-state index in [4.69, 9.17) is 10.2 Å². The van der Waals surface area contributed by atoms with E-state index in [1.807, 2.05) is 0 Å². The molecule has 0 spiro atoms. The minimum Gasteiger partial charge on any atom is -0.466 e. The molecule has 0 amide bonds. The number of rotatable bonds is 6. The Kier molecular flexibility index (Phi) is 36.8. The second-order valence-corrected chi connectivity index (χ2v) is 5.23. The van der Waals surface area contributed by atoms with Crippen LogP contribution in [0.3, 0.4) is 0 Å². The van der Waals surface area contributed by atoms with Gasteiger partial charge in [0.05, 0.1) is 26.1 Å². The molecule has 158 valence electrons. The zero-order valence-electron chi connectivity index (χ0n) is 17.2. The molecule has 0 aliphatic heterocycles. The van der Waals surface area contributed by atoms with Gasteiger partial charge in [-0.05, 0) is 41.5 Å². The molecule has 0 radical (unpaired) electrons. The van der Waals surface area contributed by atoms with Crippen molar-refractivity contribution in [3.05, 3.63) is 13.8 Å². The largest absolute Gasteiger partial charge is 2.00 e. The number of aliphatic hydroxyl groups excluding tert-OH is 2. The molecular formula is C18H34O8Zr. The first-order valence-corrected chi connectivity index (χ1v) is 8.16. The van der Waals surface area contributed by atoms with Crippen molar-refractivity contribution >= 4 is 23.5 Å². The van der Waals surface area contributed by atoms with E-state index in [9.17, 15) is 19.2 Å². The molecular weight excluding hydrogens is 435 g/mol. The Labute approximate surface area is 182 Å². The van der Waals surface area contributed by atoms with Gasteiger partial charge in [0.1, 0.15) is 0 Å². The number of carbonyl (C=O) groups excluding carboxylic acids is 4. The van der Waals surface area contributed by atoms with E-state index in [-0.39, 0.29) is 51.3 Å². The molecule has 0 bridgehead atoms. The molecule has 0 aromatic rings. The summed E-state index contributed by atoms with van der Waals surface area (Å²) in [7, 11) is 0. The number of ketones is 2. The summed E-state index contributed by atoms with van der Waals surface area (Å²) >= 11 is 0. The molecule has 0 fully saturated rings. The van der Waals surface area contributed by atoms with Gasteiger partial charge in [0, 0.05) is 23.8 Å². The third-order valence-electron chi connectivity index (χ3n) is 1.29. The van der Waals surface area contributed by atoms with Crippen molar-refractivity contribution in [2.45, 2.75) is 66.6 Å². The van der Waals surface area contributed by atoms with Crippen LogP contribution in [0, 0.1) is 13.8 Å². The number of Topliss-reactive ketones (excluding diaryl/α,β-unsaturated/α-hetero) is 2. The molecule has 0 aliphatic carbocycles. The van der Waals surface area contributed by atoms with Crippen molar-refractivity contribution < 1.29 is 65.1 Å². The van der Waals surface area contributed by atoms with Gasteiger partial charge in [-0.3, -0.25) is 9.59 Å². The molecule has 0 saturated heterocycles. The summed E-state index contributed by atoms with van der Waals surface area (Å²) in [6, 6.07) is 0. The molecule has 9 heteroatoms. The van der Waals surface area contributed by atoms with E-state index >= 15 is 0 Å². The third kappa shape index (κ3) is 78.6. The Balaban J connectivity index is -0.0000000843. The van der Waals surface area contributed by atoms with Gasteiger partial charge in [-0.2, -0.15) is 0 Å². The van der Waals surface area contributed by atoms with Gasteiger partial charge < -0.3 is 43.1 Å². The first kappa shape index (κ1) is 36.7. The molecule has 27 heavy (non-hydrogen) atoms. The molecule has 0 aromatic heterocycles. The zero-order valence-corrected chi connectivity index (χ0v) is 19.7. The van der Waals surface area contributed by atoms with E-state index in [2.05, 4.69) is 23.3 Å². The molecule has 0 heterocycles. The number of esters is 2. The van der Waals surface area contributed by atoms with Crippen LogP contribution in [-0.4, -0.2) is 59.1 Å². The maximum atomic E-state index is 10.4. The van der Waals surface area contributed by atoms with Gasteiger partial charge in [0.2, 0.25) is 0 Å². The molecule has 0 aliphatic rings. The first-order chi connectivity index (χ1) is 11.8. The van der Waals surface area contributed by atoms with E-state index in [0.29, 0.717) is 13.2 Å². The van der Waals surface area contributed by atoms with Crippen LogP contribution in [-0.2, 0) is 54.9 Å². The number of hydrogen-bond donors (Lipinski definition) is 2. The Morgan fingerprint density at radius 1 is 0.741 bits per heavy atom. The maximum absolute atomic E-state index is 10.4. The summed E-state index contributed by atoms with van der Waals surface area (Å²) in [6.45, 7) is 16.9. The monoisotopic (exact) mass is 468 g/mol. The quantitative estimate of drug-likeness (QED) is 0.340. The zero-order chi connectivity index (χ0) is 21.7. The van der Waals surface area contributed by atoms with Gasteiger partial charge in [-0.25, -0.2) is 0 Å². The van der Waals surface area contributed by atoms with Crippen molar-refractivity contribution in [3.8, 4) is 0 Å². The van der Waals surface area contributed by atoms with Crippen molar-refractivity contribution in [2.24, 2.45) is 0 Å². The van der Waals surface area contributed by atoms with E-state index in [1.165, 1.54) is 0 Å². The van der Waals surface area contributed by atoms with Crippen LogP contribution >= 0.6 is 0 Å². The molecule has 0 rings (SSSR count). The molecule has 2 N–H and O–H groups in total. The maximum Gasteiger partial charge on any atom is 2.00 e. The standard InChI is InChI=1S/2C6H9O3.2C3H8O.Zr/c2*1-3-9-6(8)4-5(2)7;2*1-3(2)4;/h2*2-4H2,1H3;2*3-4H,1-2H3;/q2*-1;;;+2. The number of aliphatic hydroxyl groups is 2. The Morgan fingerprint density at radius 3 is 1.04 bits per heavy atom. The van der Waals surface area contributed by atoms with Crippen LogP contribution in [0.1, 0.15) is 54.4 Å². The smallest absolute Gasteiger partial charge is 0.466 e. The number of hydrogen-bond acceptors (Lipinski definition) is 8. The van der Waals surface area contributed by atoms with Crippen LogP contribution in [0.15, 0.2) is 0 Å². The van der Waals surface area contributed by atoms with Gasteiger partial charge in [-0.15, -0.1) is 0 Å². The minimum absolute atomic E-state index is 0. The topological polar surface area (TPSA) is 127 Å². The SMILES string of the molecule is CC(C)O.CC(C)O.[CH2-]C(=O)CC(=O)OCC.[CH2-]C(=O)CC(=O)OCC.[Zr+2]. The van der Waals surface area contributed by atoms with Crippen LogP contribution in [0.4, 0.5) is 0 Å². The van der Waals surface area contributed by atoms with E-state index in [0.717, 1.165) is 0 Å². The molecule has 8 nitrogen and oxygen atoms in total. The first-order valence-electron chi connectivity index (χ1n) is 8.16.